The van der Waals surface area contributed by atoms with Gasteiger partial charge in [-0.1, -0.05) is 53.4 Å². The lowest BCUT2D eigenvalue weighted by Gasteiger charge is -2.24. The summed E-state index contributed by atoms with van der Waals surface area (Å²) >= 11 is 3.09. The molecule has 0 radical (unpaired) electrons. The van der Waals surface area contributed by atoms with Crippen LogP contribution < -0.4 is 9.47 Å². The molecule has 7 rings (SSSR count). The highest BCUT2D eigenvalue weighted by molar-refractivity contribution is 8.04. The average molecular weight is 680 g/mol. The SMILES string of the molecule is CC(CCN1/C(=C/c2sc3ccc4cc5ccccc5cc4c3[n+]2CCCS(=O)(=O)[O-])Sc2ccc3occc3c21)S(=O)(=O)[O-]. The van der Waals surface area contributed by atoms with Gasteiger partial charge in [0, 0.05) is 34.3 Å². The molecule has 0 amide bonds. The van der Waals surface area contributed by atoms with Crippen LogP contribution in [0.4, 0.5) is 5.69 Å². The molecule has 2 aromatic heterocycles. The van der Waals surface area contributed by atoms with Crippen LogP contribution in [0.1, 0.15) is 24.8 Å². The van der Waals surface area contributed by atoms with Gasteiger partial charge < -0.3 is 18.4 Å². The normalized spacial score (nSPS) is 15.6. The van der Waals surface area contributed by atoms with E-state index in [0.29, 0.717) is 12.1 Å². The van der Waals surface area contributed by atoms with Gasteiger partial charge in [-0.05, 0) is 65.9 Å². The monoisotopic (exact) mass is 679 g/mol. The average Bonchev–Trinajstić information content (AvgIpc) is 3.69. The van der Waals surface area contributed by atoms with E-state index < -0.39 is 31.2 Å². The highest BCUT2D eigenvalue weighted by Gasteiger charge is 2.31. The van der Waals surface area contributed by atoms with Crippen molar-refractivity contribution >= 4 is 97.8 Å². The number of thioether (sulfide) groups is 1. The number of hydrogen-bond donors (Lipinski definition) is 0. The molecule has 6 aromatic rings. The van der Waals surface area contributed by atoms with Crippen LogP contribution in [0.15, 0.2) is 87.3 Å². The first-order chi connectivity index (χ1) is 21.5. The summed E-state index contributed by atoms with van der Waals surface area (Å²) in [5.74, 6) is -0.479. The van der Waals surface area contributed by atoms with E-state index in [4.69, 9.17) is 4.42 Å². The first-order valence-electron chi connectivity index (χ1n) is 14.3. The number of furan rings is 1. The molecule has 4 aromatic carbocycles. The number of anilines is 1. The summed E-state index contributed by atoms with van der Waals surface area (Å²) in [4.78, 5) is 3.00. The molecular weight excluding hydrogens is 653 g/mol. The van der Waals surface area contributed by atoms with Crippen LogP contribution in [0.25, 0.3) is 48.8 Å². The van der Waals surface area contributed by atoms with Crippen molar-refractivity contribution in [3.05, 3.63) is 83.0 Å². The third kappa shape index (κ3) is 5.84. The van der Waals surface area contributed by atoms with Crippen molar-refractivity contribution < 1.29 is 34.9 Å². The predicted octanol–water partition coefficient (Wildman–Crippen LogP) is 6.41. The molecule has 0 bridgehead atoms. The molecule has 1 aliphatic heterocycles. The summed E-state index contributed by atoms with van der Waals surface area (Å²) in [6.07, 6.45) is 3.91. The van der Waals surface area contributed by atoms with Crippen LogP contribution in [0.3, 0.4) is 0 Å². The molecule has 0 spiro atoms. The van der Waals surface area contributed by atoms with E-state index in [9.17, 15) is 25.9 Å². The lowest BCUT2D eigenvalue weighted by atomic mass is 10.0. The Hall–Kier alpha value is -3.46. The van der Waals surface area contributed by atoms with Crippen LogP contribution in [-0.2, 0) is 26.8 Å². The Morgan fingerprint density at radius 1 is 0.956 bits per heavy atom. The van der Waals surface area contributed by atoms with Gasteiger partial charge in [0.25, 0.3) is 5.01 Å². The van der Waals surface area contributed by atoms with Gasteiger partial charge in [-0.3, -0.25) is 0 Å². The second kappa shape index (κ2) is 11.4. The summed E-state index contributed by atoms with van der Waals surface area (Å²) in [6, 6.07) is 22.3. The minimum atomic E-state index is -4.46. The van der Waals surface area contributed by atoms with E-state index in [-0.39, 0.29) is 19.4 Å². The van der Waals surface area contributed by atoms with E-state index in [1.807, 2.05) is 41.3 Å². The van der Waals surface area contributed by atoms with Gasteiger partial charge in [-0.15, -0.1) is 0 Å². The van der Waals surface area contributed by atoms with Crippen LogP contribution in [-0.4, -0.2) is 43.5 Å². The second-order valence-electron chi connectivity index (χ2n) is 11.1. The molecule has 9 nitrogen and oxygen atoms in total. The smallest absolute Gasteiger partial charge is 0.265 e. The highest BCUT2D eigenvalue weighted by atomic mass is 32.2. The predicted molar refractivity (Wildman–Crippen MR) is 177 cm³/mol. The van der Waals surface area contributed by atoms with Crippen molar-refractivity contribution in [1.29, 1.82) is 0 Å². The van der Waals surface area contributed by atoms with Crippen molar-refractivity contribution in [2.45, 2.75) is 36.5 Å². The lowest BCUT2D eigenvalue weighted by molar-refractivity contribution is -0.667. The number of aromatic nitrogens is 1. The number of benzene rings is 4. The molecule has 0 aliphatic carbocycles. The van der Waals surface area contributed by atoms with Crippen molar-refractivity contribution in [1.82, 2.24) is 0 Å². The molecule has 3 heterocycles. The van der Waals surface area contributed by atoms with Crippen molar-refractivity contribution in [3.8, 4) is 0 Å². The third-order valence-electron chi connectivity index (χ3n) is 8.17. The number of rotatable bonds is 9. The molecule has 0 N–H and O–H groups in total. The topological polar surface area (TPSA) is 135 Å². The molecule has 1 atom stereocenters. The second-order valence-corrected chi connectivity index (χ2v) is 16.6. The summed E-state index contributed by atoms with van der Waals surface area (Å²) < 4.78 is 78.6. The van der Waals surface area contributed by atoms with E-state index in [0.717, 1.165) is 57.8 Å². The van der Waals surface area contributed by atoms with Gasteiger partial charge in [0.2, 0.25) is 5.52 Å². The van der Waals surface area contributed by atoms with Crippen molar-refractivity contribution in [2.24, 2.45) is 0 Å². The lowest BCUT2D eigenvalue weighted by Crippen LogP contribution is -2.36. The zero-order valence-electron chi connectivity index (χ0n) is 24.0. The quantitative estimate of drug-likeness (QED) is 0.0965. The maximum absolute atomic E-state index is 11.8. The minimum absolute atomic E-state index is 0.128. The molecule has 13 heteroatoms. The largest absolute Gasteiger partial charge is 0.748 e. The summed E-state index contributed by atoms with van der Waals surface area (Å²) in [5, 5.41) is 5.75. The molecule has 232 valence electrons. The molecule has 0 saturated carbocycles. The van der Waals surface area contributed by atoms with Crippen LogP contribution in [0, 0.1) is 0 Å². The Morgan fingerprint density at radius 3 is 2.49 bits per heavy atom. The van der Waals surface area contributed by atoms with Crippen molar-refractivity contribution in [2.75, 3.05) is 17.2 Å². The van der Waals surface area contributed by atoms with E-state index in [1.165, 1.54) is 18.7 Å². The highest BCUT2D eigenvalue weighted by Crippen LogP contribution is 2.50. The van der Waals surface area contributed by atoms with E-state index in [1.54, 1.807) is 17.6 Å². The van der Waals surface area contributed by atoms with E-state index >= 15 is 0 Å². The molecule has 0 fully saturated rings. The maximum atomic E-state index is 11.8. The minimum Gasteiger partial charge on any atom is -0.748 e. The molecule has 45 heavy (non-hydrogen) atoms. The fourth-order valence-electron chi connectivity index (χ4n) is 5.88. The standard InChI is InChI=1S/C32H28N2O7S4/c1-20(45(38,39)40)11-14-34-30(43-28-10-8-26-24(31(28)34)12-15-41-26)19-29-33(13-4-16-44(35,36)37)32-25-18-22-6-3-2-5-21(22)17-23(25)7-9-27(32)42-29/h2-3,5-10,12,15,17-20H,4,11,13-14,16H2,1H3,(H-,35,36,37,38,39,40)/p-1. The maximum Gasteiger partial charge on any atom is 0.265 e. The number of thiazole rings is 1. The Balaban J connectivity index is 1.39. The van der Waals surface area contributed by atoms with Gasteiger partial charge in [0.1, 0.15) is 10.3 Å². The van der Waals surface area contributed by atoms with Gasteiger partial charge in [0.05, 0.1) is 48.7 Å². The van der Waals surface area contributed by atoms with Gasteiger partial charge in [-0.2, -0.15) is 4.57 Å². The summed E-state index contributed by atoms with van der Waals surface area (Å²) in [5.41, 5.74) is 2.53. The molecule has 1 aliphatic rings. The van der Waals surface area contributed by atoms with E-state index in [2.05, 4.69) is 41.0 Å². The fourth-order valence-corrected chi connectivity index (χ4v) is 9.12. The Kier molecular flexibility index (Phi) is 7.66. The number of fused-ring (bicyclic) bond motifs is 7. The van der Waals surface area contributed by atoms with Crippen LogP contribution in [0.2, 0.25) is 0 Å². The number of nitrogens with zero attached hydrogens (tertiary/aromatic N) is 2. The summed E-state index contributed by atoms with van der Waals surface area (Å²) in [7, 11) is -8.86. The van der Waals surface area contributed by atoms with Crippen LogP contribution in [0.5, 0.6) is 0 Å². The Morgan fingerprint density at radius 2 is 1.73 bits per heavy atom. The summed E-state index contributed by atoms with van der Waals surface area (Å²) in [6.45, 7) is 2.02. The fraction of sp³-hybridized carbons (Fsp3) is 0.219. The molecular formula is C32H27N2O7S4-. The van der Waals surface area contributed by atoms with Gasteiger partial charge in [0.15, 0.2) is 6.54 Å². The van der Waals surface area contributed by atoms with Gasteiger partial charge >= 0.3 is 0 Å². The zero-order chi connectivity index (χ0) is 31.5. The zero-order valence-corrected chi connectivity index (χ0v) is 27.3. The van der Waals surface area contributed by atoms with Gasteiger partial charge in [-0.25, -0.2) is 16.8 Å². The molecule has 0 saturated heterocycles. The third-order valence-corrected chi connectivity index (χ3v) is 12.4. The first-order valence-corrected chi connectivity index (χ1v) is 19.0. The van der Waals surface area contributed by atoms with Crippen LogP contribution >= 0.6 is 23.1 Å². The molecule has 1 unspecified atom stereocenters. The van der Waals surface area contributed by atoms with Crippen molar-refractivity contribution in [3.63, 3.8) is 0 Å². The Bertz CT molecular complexity index is 2380. The number of aryl methyl sites for hydroxylation is 1. The number of hydrogen-bond acceptors (Lipinski definition) is 10. The first kappa shape index (κ1) is 30.2. The Labute approximate surface area is 268 Å².